The summed E-state index contributed by atoms with van der Waals surface area (Å²) in [5, 5.41) is 0. The van der Waals surface area contributed by atoms with Gasteiger partial charge in [0, 0.05) is 6.54 Å². The normalized spacial score (nSPS) is 23.8. The van der Waals surface area contributed by atoms with Gasteiger partial charge in [0.1, 0.15) is 5.84 Å². The van der Waals surface area contributed by atoms with Crippen LogP contribution in [0.15, 0.2) is 16.1 Å². The molecule has 0 radical (unpaired) electrons. The molecule has 0 saturated carbocycles. The van der Waals surface area contributed by atoms with E-state index in [4.69, 9.17) is 5.73 Å². The Morgan fingerprint density at radius 2 is 2.25 bits per heavy atom. The fourth-order valence-corrected chi connectivity index (χ4v) is 1.51. The third kappa shape index (κ3) is 1.87. The Balaban J connectivity index is 2.83. The molecule has 0 fully saturated rings. The van der Waals surface area contributed by atoms with E-state index in [1.54, 1.807) is 0 Å². The number of amidine groups is 1. The minimum atomic E-state index is 0.710. The van der Waals surface area contributed by atoms with Crippen LogP contribution < -0.4 is 5.73 Å². The molecule has 2 heteroatoms. The summed E-state index contributed by atoms with van der Waals surface area (Å²) in [6.45, 7) is 7.34. The Morgan fingerprint density at radius 1 is 1.58 bits per heavy atom. The molecule has 0 amide bonds. The lowest BCUT2D eigenvalue weighted by molar-refractivity contribution is 0.510. The molecule has 0 spiro atoms. The number of hydrogen-bond acceptors (Lipinski definition) is 2. The van der Waals surface area contributed by atoms with Gasteiger partial charge in [0.05, 0.1) is 0 Å². The van der Waals surface area contributed by atoms with E-state index in [2.05, 4.69) is 25.8 Å². The maximum atomic E-state index is 5.79. The average Bonchev–Trinajstić information content (AvgIpc) is 2.05. The second-order valence-corrected chi connectivity index (χ2v) is 3.68. The largest absolute Gasteiger partial charge is 0.384 e. The van der Waals surface area contributed by atoms with Gasteiger partial charge in [0.2, 0.25) is 0 Å². The molecule has 0 saturated heterocycles. The van der Waals surface area contributed by atoms with Gasteiger partial charge in [-0.2, -0.15) is 0 Å². The van der Waals surface area contributed by atoms with Gasteiger partial charge in [0.15, 0.2) is 0 Å². The Hall–Kier alpha value is -0.790. The molecule has 1 rings (SSSR count). The van der Waals surface area contributed by atoms with Crippen LogP contribution in [-0.2, 0) is 0 Å². The van der Waals surface area contributed by atoms with Crippen molar-refractivity contribution in [2.75, 3.05) is 6.54 Å². The highest BCUT2D eigenvalue weighted by Crippen LogP contribution is 2.22. The monoisotopic (exact) mass is 166 g/mol. The van der Waals surface area contributed by atoms with Gasteiger partial charge in [-0.1, -0.05) is 18.9 Å². The van der Waals surface area contributed by atoms with Crippen LogP contribution in [0.3, 0.4) is 0 Å². The number of nitrogens with two attached hydrogens (primary N) is 1. The minimum absolute atomic E-state index is 0.710. The van der Waals surface area contributed by atoms with Crippen molar-refractivity contribution in [3.05, 3.63) is 11.1 Å². The van der Waals surface area contributed by atoms with Crippen molar-refractivity contribution in [2.24, 2.45) is 16.6 Å². The van der Waals surface area contributed by atoms with Crippen LogP contribution in [0.2, 0.25) is 0 Å². The number of rotatable bonds is 1. The summed E-state index contributed by atoms with van der Waals surface area (Å²) >= 11 is 0. The zero-order valence-electron chi connectivity index (χ0n) is 8.22. The summed E-state index contributed by atoms with van der Waals surface area (Å²) in [5.41, 5.74) is 8.37. The van der Waals surface area contributed by atoms with Crippen LogP contribution in [0.25, 0.3) is 0 Å². The first-order valence-electron chi connectivity index (χ1n) is 4.61. The average molecular weight is 166 g/mol. The lowest BCUT2D eigenvalue weighted by Crippen LogP contribution is -2.25. The van der Waals surface area contributed by atoms with E-state index in [0.29, 0.717) is 5.92 Å². The van der Waals surface area contributed by atoms with Crippen molar-refractivity contribution < 1.29 is 0 Å². The van der Waals surface area contributed by atoms with E-state index >= 15 is 0 Å². The standard InChI is InChI=1S/C10H18N2/c1-4-8-5-9(7(2)3)10(11)12-6-8/h8H,4-6H2,1-3H3,(H2,11,12). The molecule has 1 atom stereocenters. The molecular formula is C10H18N2. The number of allylic oxidation sites excluding steroid dienone is 1. The molecule has 0 aromatic heterocycles. The summed E-state index contributed by atoms with van der Waals surface area (Å²) in [6, 6.07) is 0. The zero-order valence-corrected chi connectivity index (χ0v) is 8.22. The molecule has 0 bridgehead atoms. The summed E-state index contributed by atoms with van der Waals surface area (Å²) in [6.07, 6.45) is 2.32. The molecule has 0 aromatic rings. The fraction of sp³-hybridized carbons (Fsp3) is 0.700. The van der Waals surface area contributed by atoms with Crippen LogP contribution in [0.5, 0.6) is 0 Å². The Kier molecular flexibility index (Phi) is 2.90. The Morgan fingerprint density at radius 3 is 2.75 bits per heavy atom. The van der Waals surface area contributed by atoms with Crippen molar-refractivity contribution in [3.63, 3.8) is 0 Å². The van der Waals surface area contributed by atoms with Crippen LogP contribution in [0.1, 0.15) is 33.6 Å². The number of nitrogens with zero attached hydrogens (tertiary/aromatic N) is 1. The molecule has 2 nitrogen and oxygen atoms in total. The first-order valence-corrected chi connectivity index (χ1v) is 4.61. The molecule has 12 heavy (non-hydrogen) atoms. The van der Waals surface area contributed by atoms with Crippen molar-refractivity contribution >= 4 is 5.84 Å². The lowest BCUT2D eigenvalue weighted by atomic mass is 9.91. The van der Waals surface area contributed by atoms with Gasteiger partial charge in [0.25, 0.3) is 0 Å². The van der Waals surface area contributed by atoms with Crippen LogP contribution >= 0.6 is 0 Å². The second-order valence-electron chi connectivity index (χ2n) is 3.68. The summed E-state index contributed by atoms with van der Waals surface area (Å²) in [5.74, 6) is 1.47. The lowest BCUT2D eigenvalue weighted by Gasteiger charge is -2.21. The smallest absolute Gasteiger partial charge is 0.121 e. The third-order valence-corrected chi connectivity index (χ3v) is 2.50. The van der Waals surface area contributed by atoms with Gasteiger partial charge in [-0.25, -0.2) is 0 Å². The maximum absolute atomic E-state index is 5.79. The molecule has 1 heterocycles. The molecule has 0 aromatic carbocycles. The molecule has 68 valence electrons. The van der Waals surface area contributed by atoms with Crippen LogP contribution in [0.4, 0.5) is 0 Å². The van der Waals surface area contributed by atoms with Gasteiger partial charge in [-0.15, -0.1) is 0 Å². The summed E-state index contributed by atoms with van der Waals surface area (Å²) in [7, 11) is 0. The fourth-order valence-electron chi connectivity index (χ4n) is 1.51. The molecular weight excluding hydrogens is 148 g/mol. The minimum Gasteiger partial charge on any atom is -0.384 e. The maximum Gasteiger partial charge on any atom is 0.121 e. The van der Waals surface area contributed by atoms with Gasteiger partial charge < -0.3 is 5.73 Å². The van der Waals surface area contributed by atoms with Crippen molar-refractivity contribution in [2.45, 2.75) is 33.6 Å². The van der Waals surface area contributed by atoms with Crippen molar-refractivity contribution in [3.8, 4) is 0 Å². The first kappa shape index (κ1) is 9.30. The topological polar surface area (TPSA) is 38.4 Å². The second kappa shape index (κ2) is 3.74. The summed E-state index contributed by atoms with van der Waals surface area (Å²) in [4.78, 5) is 4.32. The molecule has 1 aliphatic heterocycles. The highest BCUT2D eigenvalue weighted by molar-refractivity contribution is 5.98. The molecule has 1 unspecified atom stereocenters. The first-order chi connectivity index (χ1) is 5.65. The van der Waals surface area contributed by atoms with Crippen molar-refractivity contribution in [1.82, 2.24) is 0 Å². The summed E-state index contributed by atoms with van der Waals surface area (Å²) < 4.78 is 0. The quantitative estimate of drug-likeness (QED) is 0.636. The highest BCUT2D eigenvalue weighted by Gasteiger charge is 2.17. The van der Waals surface area contributed by atoms with Crippen molar-refractivity contribution in [1.29, 1.82) is 0 Å². The van der Waals surface area contributed by atoms with Gasteiger partial charge >= 0.3 is 0 Å². The van der Waals surface area contributed by atoms with E-state index < -0.39 is 0 Å². The third-order valence-electron chi connectivity index (χ3n) is 2.50. The zero-order chi connectivity index (χ0) is 9.14. The van der Waals surface area contributed by atoms with Crippen LogP contribution in [-0.4, -0.2) is 12.4 Å². The highest BCUT2D eigenvalue weighted by atomic mass is 14.9. The predicted molar refractivity (Wildman–Crippen MR) is 53.3 cm³/mol. The van der Waals surface area contributed by atoms with E-state index in [-0.39, 0.29) is 0 Å². The Bertz CT molecular complexity index is 222. The molecule has 2 N–H and O–H groups in total. The number of aliphatic imine (C=N–C) groups is 1. The molecule has 1 aliphatic rings. The van der Waals surface area contributed by atoms with Gasteiger partial charge in [-0.3, -0.25) is 4.99 Å². The predicted octanol–water partition coefficient (Wildman–Crippen LogP) is 2.11. The molecule has 0 aliphatic carbocycles. The SMILES string of the molecule is CCC1CN=C(N)C(=C(C)C)C1. The van der Waals surface area contributed by atoms with Gasteiger partial charge in [-0.05, 0) is 31.8 Å². The Labute approximate surface area is 74.6 Å². The van der Waals surface area contributed by atoms with Crippen LogP contribution in [0, 0.1) is 5.92 Å². The van der Waals surface area contributed by atoms with E-state index in [1.807, 2.05) is 0 Å². The number of hydrogen-bond donors (Lipinski definition) is 1. The van der Waals surface area contributed by atoms with E-state index in [1.165, 1.54) is 17.6 Å². The van der Waals surface area contributed by atoms with E-state index in [0.717, 1.165) is 18.8 Å². The van der Waals surface area contributed by atoms with E-state index in [9.17, 15) is 0 Å².